The molecule has 1 amide bonds. The van der Waals surface area contributed by atoms with Gasteiger partial charge in [-0.1, -0.05) is 6.07 Å². The van der Waals surface area contributed by atoms with E-state index in [-0.39, 0.29) is 5.69 Å². The number of carbonyl (C=O) groups is 1. The number of hydrazine groups is 1. The van der Waals surface area contributed by atoms with Crippen LogP contribution in [0.25, 0.3) is 0 Å². The summed E-state index contributed by atoms with van der Waals surface area (Å²) in [4.78, 5) is 19.2. The Hall–Kier alpha value is -2.28. The van der Waals surface area contributed by atoms with E-state index in [1.54, 1.807) is 29.2 Å². The van der Waals surface area contributed by atoms with Gasteiger partial charge in [0.05, 0.1) is 12.2 Å². The van der Waals surface area contributed by atoms with Crippen molar-refractivity contribution in [3.05, 3.63) is 42.2 Å². The minimum Gasteiger partial charge on any atom is -0.289 e. The van der Waals surface area contributed by atoms with Crippen LogP contribution in [0.3, 0.4) is 0 Å². The number of aromatic nitrogens is 4. The molecule has 3 N–H and O–H groups in total. The van der Waals surface area contributed by atoms with Gasteiger partial charge in [-0.05, 0) is 12.1 Å². The zero-order valence-corrected chi connectivity index (χ0v) is 8.37. The standard InChI is InChI=1S/C9H10N6O/c10-14-9(16)8-3-1-2-7(13-8)4-15-6-11-5-12-15/h1-3,5-6H,4,10H2,(H,14,16). The molecule has 16 heavy (non-hydrogen) atoms. The summed E-state index contributed by atoms with van der Waals surface area (Å²) in [6.07, 6.45) is 3.02. The van der Waals surface area contributed by atoms with Crippen molar-refractivity contribution in [2.75, 3.05) is 0 Å². The highest BCUT2D eigenvalue weighted by Crippen LogP contribution is 2.01. The van der Waals surface area contributed by atoms with Gasteiger partial charge >= 0.3 is 0 Å². The number of hydrogen-bond donors (Lipinski definition) is 2. The van der Waals surface area contributed by atoms with Crippen LogP contribution in [0.15, 0.2) is 30.9 Å². The second-order valence-corrected chi connectivity index (χ2v) is 3.08. The lowest BCUT2D eigenvalue weighted by Crippen LogP contribution is -2.30. The molecule has 0 bridgehead atoms. The highest BCUT2D eigenvalue weighted by Gasteiger charge is 2.06. The van der Waals surface area contributed by atoms with E-state index in [2.05, 4.69) is 15.1 Å². The monoisotopic (exact) mass is 218 g/mol. The minimum absolute atomic E-state index is 0.278. The third kappa shape index (κ3) is 2.20. The van der Waals surface area contributed by atoms with Crippen LogP contribution >= 0.6 is 0 Å². The second kappa shape index (κ2) is 4.49. The maximum atomic E-state index is 11.2. The van der Waals surface area contributed by atoms with Crippen LogP contribution in [0.1, 0.15) is 16.2 Å². The van der Waals surface area contributed by atoms with Crippen molar-refractivity contribution in [2.24, 2.45) is 5.84 Å². The minimum atomic E-state index is -0.416. The highest BCUT2D eigenvalue weighted by molar-refractivity contribution is 5.91. The van der Waals surface area contributed by atoms with E-state index >= 15 is 0 Å². The van der Waals surface area contributed by atoms with E-state index < -0.39 is 5.91 Å². The summed E-state index contributed by atoms with van der Waals surface area (Å²) in [7, 11) is 0. The largest absolute Gasteiger partial charge is 0.289 e. The van der Waals surface area contributed by atoms with Gasteiger partial charge in [0.1, 0.15) is 18.3 Å². The van der Waals surface area contributed by atoms with Gasteiger partial charge in [0.25, 0.3) is 5.91 Å². The molecule has 7 nitrogen and oxygen atoms in total. The van der Waals surface area contributed by atoms with E-state index in [0.717, 1.165) is 0 Å². The fraction of sp³-hybridized carbons (Fsp3) is 0.111. The van der Waals surface area contributed by atoms with Crippen LogP contribution in [0.5, 0.6) is 0 Å². The number of hydrogen-bond acceptors (Lipinski definition) is 5. The Morgan fingerprint density at radius 1 is 1.50 bits per heavy atom. The number of pyridine rings is 1. The predicted molar refractivity (Wildman–Crippen MR) is 55.0 cm³/mol. The van der Waals surface area contributed by atoms with Crippen LogP contribution in [0, 0.1) is 0 Å². The van der Waals surface area contributed by atoms with Gasteiger partial charge in [-0.15, -0.1) is 0 Å². The first-order valence-electron chi connectivity index (χ1n) is 4.59. The lowest BCUT2D eigenvalue weighted by atomic mass is 10.3. The predicted octanol–water partition coefficient (Wildman–Crippen LogP) is -0.675. The van der Waals surface area contributed by atoms with Gasteiger partial charge < -0.3 is 0 Å². The second-order valence-electron chi connectivity index (χ2n) is 3.08. The number of nitrogens with zero attached hydrogens (tertiary/aromatic N) is 4. The molecule has 2 rings (SSSR count). The SMILES string of the molecule is NNC(=O)c1cccc(Cn2cncn2)n1. The molecule has 0 saturated heterocycles. The maximum Gasteiger partial charge on any atom is 0.283 e. The summed E-state index contributed by atoms with van der Waals surface area (Å²) in [5.41, 5.74) is 3.02. The molecular weight excluding hydrogens is 208 g/mol. The fourth-order valence-electron chi connectivity index (χ4n) is 1.25. The number of nitrogens with one attached hydrogen (secondary N) is 1. The fourth-order valence-corrected chi connectivity index (χ4v) is 1.25. The van der Waals surface area contributed by atoms with Crippen molar-refractivity contribution in [3.8, 4) is 0 Å². The van der Waals surface area contributed by atoms with Crippen LogP contribution in [0.4, 0.5) is 0 Å². The lowest BCUT2D eigenvalue weighted by molar-refractivity contribution is 0.0948. The summed E-state index contributed by atoms with van der Waals surface area (Å²) >= 11 is 0. The quantitative estimate of drug-likeness (QED) is 0.404. The molecule has 0 atom stereocenters. The Morgan fingerprint density at radius 2 is 2.38 bits per heavy atom. The summed E-state index contributed by atoms with van der Waals surface area (Å²) < 4.78 is 1.62. The van der Waals surface area contributed by atoms with Gasteiger partial charge in [0.2, 0.25) is 0 Å². The van der Waals surface area contributed by atoms with Gasteiger partial charge in [0.15, 0.2) is 0 Å². The number of amides is 1. The molecule has 2 heterocycles. The Labute approximate surface area is 91.3 Å². The number of nitrogens with two attached hydrogens (primary N) is 1. The van der Waals surface area contributed by atoms with Crippen molar-refractivity contribution in [2.45, 2.75) is 6.54 Å². The first kappa shape index (κ1) is 10.2. The summed E-state index contributed by atoms with van der Waals surface area (Å²) in [6.45, 7) is 0.464. The van der Waals surface area contributed by atoms with Crippen molar-refractivity contribution in [3.63, 3.8) is 0 Å². The first-order valence-corrected chi connectivity index (χ1v) is 4.59. The molecule has 0 aliphatic rings. The molecule has 2 aromatic heterocycles. The molecule has 7 heteroatoms. The van der Waals surface area contributed by atoms with Gasteiger partial charge in [-0.3, -0.25) is 10.2 Å². The molecule has 0 fully saturated rings. The molecule has 0 aliphatic carbocycles. The van der Waals surface area contributed by atoms with Crippen molar-refractivity contribution >= 4 is 5.91 Å². The molecule has 0 aromatic carbocycles. The molecular formula is C9H10N6O. The van der Waals surface area contributed by atoms with E-state index in [1.807, 2.05) is 5.43 Å². The van der Waals surface area contributed by atoms with Gasteiger partial charge in [0, 0.05) is 0 Å². The van der Waals surface area contributed by atoms with E-state index in [4.69, 9.17) is 5.84 Å². The van der Waals surface area contributed by atoms with Gasteiger partial charge in [-0.2, -0.15) is 5.10 Å². The molecule has 0 aliphatic heterocycles. The molecule has 0 unspecified atom stereocenters. The average Bonchev–Trinajstić information content (AvgIpc) is 2.81. The third-order valence-electron chi connectivity index (χ3n) is 1.96. The highest BCUT2D eigenvalue weighted by atomic mass is 16.2. The molecule has 2 aromatic rings. The molecule has 82 valence electrons. The summed E-state index contributed by atoms with van der Waals surface area (Å²) in [5, 5.41) is 3.95. The zero-order valence-electron chi connectivity index (χ0n) is 8.37. The van der Waals surface area contributed by atoms with Crippen LogP contribution in [0.2, 0.25) is 0 Å². The van der Waals surface area contributed by atoms with Crippen molar-refractivity contribution in [1.82, 2.24) is 25.2 Å². The molecule has 0 spiro atoms. The summed E-state index contributed by atoms with van der Waals surface area (Å²) in [5.74, 6) is 4.61. The molecule has 0 radical (unpaired) electrons. The first-order chi connectivity index (χ1) is 7.79. The number of rotatable bonds is 3. The van der Waals surface area contributed by atoms with Crippen molar-refractivity contribution in [1.29, 1.82) is 0 Å². The van der Waals surface area contributed by atoms with E-state index in [0.29, 0.717) is 12.2 Å². The third-order valence-corrected chi connectivity index (χ3v) is 1.96. The normalized spacial score (nSPS) is 10.1. The number of nitrogen functional groups attached to an aromatic ring is 1. The van der Waals surface area contributed by atoms with Crippen LogP contribution < -0.4 is 11.3 Å². The topological polar surface area (TPSA) is 98.7 Å². The Kier molecular flexibility index (Phi) is 2.88. The Balaban J connectivity index is 2.19. The Morgan fingerprint density at radius 3 is 3.06 bits per heavy atom. The lowest BCUT2D eigenvalue weighted by Gasteiger charge is -2.03. The summed E-state index contributed by atoms with van der Waals surface area (Å²) in [6, 6.07) is 5.13. The smallest absolute Gasteiger partial charge is 0.283 e. The van der Waals surface area contributed by atoms with Crippen molar-refractivity contribution < 1.29 is 4.79 Å². The average molecular weight is 218 g/mol. The molecule has 0 saturated carbocycles. The zero-order chi connectivity index (χ0) is 11.4. The van der Waals surface area contributed by atoms with Gasteiger partial charge in [-0.25, -0.2) is 20.5 Å². The van der Waals surface area contributed by atoms with Crippen LogP contribution in [-0.2, 0) is 6.54 Å². The maximum absolute atomic E-state index is 11.2. The van der Waals surface area contributed by atoms with Crippen LogP contribution in [-0.4, -0.2) is 25.7 Å². The van der Waals surface area contributed by atoms with E-state index in [9.17, 15) is 4.79 Å². The number of carbonyl (C=O) groups excluding carboxylic acids is 1. The Bertz CT molecular complexity index is 481. The van der Waals surface area contributed by atoms with E-state index in [1.165, 1.54) is 6.33 Å².